The van der Waals surface area contributed by atoms with Crippen LogP contribution in [0.4, 0.5) is 11.4 Å². The van der Waals surface area contributed by atoms with Crippen molar-refractivity contribution in [1.29, 1.82) is 0 Å². The number of hydrogen-bond donors (Lipinski definition) is 1. The van der Waals surface area contributed by atoms with Crippen molar-refractivity contribution < 1.29 is 14.3 Å². The molecule has 5 nitrogen and oxygen atoms in total. The standard InChI is InChI=1S/C26H24N2O3/c1-16-5-8-19(9-6-16)23-24(27-20-10-12-21(31-4)13-11-20)26(30)28(25(23)29)22-14-7-17(2)15-18(22)3/h5-15,27H,1-4H3. The normalized spacial score (nSPS) is 13.7. The van der Waals surface area contributed by atoms with E-state index in [1.807, 2.05) is 75.4 Å². The van der Waals surface area contributed by atoms with Crippen LogP contribution in [0.1, 0.15) is 22.3 Å². The fraction of sp³-hybridized carbons (Fsp3) is 0.154. The predicted octanol–water partition coefficient (Wildman–Crippen LogP) is 5.02. The lowest BCUT2D eigenvalue weighted by atomic mass is 10.0. The van der Waals surface area contributed by atoms with Gasteiger partial charge in [-0.15, -0.1) is 0 Å². The Kier molecular flexibility index (Phi) is 5.34. The van der Waals surface area contributed by atoms with Crippen molar-refractivity contribution in [3.63, 3.8) is 0 Å². The van der Waals surface area contributed by atoms with Crippen molar-refractivity contribution in [3.05, 3.63) is 94.7 Å². The third kappa shape index (κ3) is 3.82. The van der Waals surface area contributed by atoms with Crippen LogP contribution in [-0.2, 0) is 9.59 Å². The summed E-state index contributed by atoms with van der Waals surface area (Å²) in [5, 5.41) is 3.18. The van der Waals surface area contributed by atoms with E-state index in [9.17, 15) is 9.59 Å². The maximum Gasteiger partial charge on any atom is 0.282 e. The number of rotatable bonds is 5. The minimum atomic E-state index is -0.372. The maximum atomic E-state index is 13.5. The van der Waals surface area contributed by atoms with E-state index in [4.69, 9.17) is 4.74 Å². The van der Waals surface area contributed by atoms with Crippen molar-refractivity contribution in [2.45, 2.75) is 20.8 Å². The Balaban J connectivity index is 1.81. The second-order valence-corrected chi connectivity index (χ2v) is 7.71. The molecule has 3 aromatic carbocycles. The fourth-order valence-electron chi connectivity index (χ4n) is 3.73. The third-order valence-corrected chi connectivity index (χ3v) is 5.38. The molecule has 156 valence electrons. The van der Waals surface area contributed by atoms with Gasteiger partial charge in [-0.05, 0) is 62.2 Å². The largest absolute Gasteiger partial charge is 0.497 e. The van der Waals surface area contributed by atoms with Gasteiger partial charge >= 0.3 is 0 Å². The van der Waals surface area contributed by atoms with Crippen LogP contribution in [0.3, 0.4) is 0 Å². The van der Waals surface area contributed by atoms with Gasteiger partial charge in [-0.1, -0.05) is 47.5 Å². The van der Waals surface area contributed by atoms with Crippen LogP contribution in [0.2, 0.25) is 0 Å². The first-order valence-electron chi connectivity index (χ1n) is 10.1. The molecular formula is C26H24N2O3. The van der Waals surface area contributed by atoms with Crippen LogP contribution in [0.25, 0.3) is 5.57 Å². The quantitative estimate of drug-likeness (QED) is 0.598. The third-order valence-electron chi connectivity index (χ3n) is 5.38. The minimum Gasteiger partial charge on any atom is -0.497 e. The van der Waals surface area contributed by atoms with Crippen molar-refractivity contribution in [1.82, 2.24) is 0 Å². The Labute approximate surface area is 182 Å². The molecule has 0 saturated heterocycles. The van der Waals surface area contributed by atoms with Gasteiger partial charge in [0.2, 0.25) is 0 Å². The lowest BCUT2D eigenvalue weighted by molar-refractivity contribution is -0.120. The Morgan fingerprint density at radius 3 is 2.03 bits per heavy atom. The molecule has 1 aliphatic rings. The molecule has 0 aromatic heterocycles. The van der Waals surface area contributed by atoms with Gasteiger partial charge in [-0.3, -0.25) is 9.59 Å². The minimum absolute atomic E-state index is 0.263. The van der Waals surface area contributed by atoms with Crippen LogP contribution < -0.4 is 15.0 Å². The van der Waals surface area contributed by atoms with Gasteiger partial charge in [-0.25, -0.2) is 4.90 Å². The van der Waals surface area contributed by atoms with Crippen LogP contribution in [0, 0.1) is 20.8 Å². The zero-order chi connectivity index (χ0) is 22.1. The van der Waals surface area contributed by atoms with Crippen LogP contribution >= 0.6 is 0 Å². The number of ether oxygens (including phenoxy) is 1. The highest BCUT2D eigenvalue weighted by molar-refractivity contribution is 6.46. The summed E-state index contributed by atoms with van der Waals surface area (Å²) in [6.07, 6.45) is 0. The van der Waals surface area contributed by atoms with Crippen molar-refractivity contribution in [2.24, 2.45) is 0 Å². The second-order valence-electron chi connectivity index (χ2n) is 7.71. The molecule has 1 N–H and O–H groups in total. The number of methoxy groups -OCH3 is 1. The number of nitrogens with one attached hydrogen (secondary N) is 1. The monoisotopic (exact) mass is 412 g/mol. The first-order valence-corrected chi connectivity index (χ1v) is 10.1. The maximum absolute atomic E-state index is 13.5. The molecule has 0 bridgehead atoms. The number of carbonyl (C=O) groups is 2. The number of hydrogen-bond acceptors (Lipinski definition) is 4. The van der Waals surface area contributed by atoms with Crippen molar-refractivity contribution in [2.75, 3.05) is 17.3 Å². The van der Waals surface area contributed by atoms with E-state index < -0.39 is 0 Å². The molecule has 1 aliphatic heterocycles. The number of aryl methyl sites for hydroxylation is 3. The lowest BCUT2D eigenvalue weighted by Gasteiger charge is -2.18. The zero-order valence-corrected chi connectivity index (χ0v) is 18.0. The summed E-state index contributed by atoms with van der Waals surface area (Å²) < 4.78 is 5.21. The Bertz CT molecular complexity index is 1190. The molecule has 3 aromatic rings. The highest BCUT2D eigenvalue weighted by Crippen LogP contribution is 2.35. The molecule has 5 heteroatoms. The van der Waals surface area contributed by atoms with Crippen molar-refractivity contribution >= 4 is 28.8 Å². The summed E-state index contributed by atoms with van der Waals surface area (Å²) in [4.78, 5) is 28.3. The Hall–Kier alpha value is -3.86. The van der Waals surface area contributed by atoms with Gasteiger partial charge in [0.05, 0.1) is 18.4 Å². The summed E-state index contributed by atoms with van der Waals surface area (Å²) in [5.41, 5.74) is 5.64. The summed E-state index contributed by atoms with van der Waals surface area (Å²) in [7, 11) is 1.60. The lowest BCUT2D eigenvalue weighted by Crippen LogP contribution is -2.33. The first kappa shape index (κ1) is 20.4. The molecule has 0 aliphatic carbocycles. The van der Waals surface area contributed by atoms with E-state index in [-0.39, 0.29) is 17.5 Å². The van der Waals surface area contributed by atoms with E-state index in [2.05, 4.69) is 5.32 Å². The predicted molar refractivity (Wildman–Crippen MR) is 123 cm³/mol. The van der Waals surface area contributed by atoms with Gasteiger partial charge in [0.15, 0.2) is 0 Å². The summed E-state index contributed by atoms with van der Waals surface area (Å²) in [5.74, 6) is 0.00387. The van der Waals surface area contributed by atoms with Crippen LogP contribution in [0.5, 0.6) is 5.75 Å². The number of nitrogens with zero attached hydrogens (tertiary/aromatic N) is 1. The van der Waals surface area contributed by atoms with Crippen LogP contribution in [-0.4, -0.2) is 18.9 Å². The first-order chi connectivity index (χ1) is 14.9. The topological polar surface area (TPSA) is 58.6 Å². The number of imide groups is 1. The van der Waals surface area contributed by atoms with E-state index >= 15 is 0 Å². The molecular weight excluding hydrogens is 388 g/mol. The van der Waals surface area contributed by atoms with E-state index in [1.165, 1.54) is 4.90 Å². The van der Waals surface area contributed by atoms with Gasteiger partial charge in [-0.2, -0.15) is 0 Å². The molecule has 0 fully saturated rings. The smallest absolute Gasteiger partial charge is 0.282 e. The van der Waals surface area contributed by atoms with E-state index in [1.54, 1.807) is 19.2 Å². The van der Waals surface area contributed by atoms with Crippen LogP contribution in [0.15, 0.2) is 72.4 Å². The molecule has 31 heavy (non-hydrogen) atoms. The number of anilines is 2. The molecule has 0 atom stereocenters. The number of benzene rings is 3. The second kappa shape index (κ2) is 8.11. The average Bonchev–Trinajstić information content (AvgIpc) is 2.99. The highest BCUT2D eigenvalue weighted by atomic mass is 16.5. The molecule has 4 rings (SSSR count). The number of amides is 2. The Morgan fingerprint density at radius 2 is 1.42 bits per heavy atom. The molecule has 1 heterocycles. The summed E-state index contributed by atoms with van der Waals surface area (Å²) in [6.45, 7) is 5.87. The summed E-state index contributed by atoms with van der Waals surface area (Å²) >= 11 is 0. The average molecular weight is 412 g/mol. The van der Waals surface area contributed by atoms with Gasteiger partial charge in [0.25, 0.3) is 11.8 Å². The highest BCUT2D eigenvalue weighted by Gasteiger charge is 2.40. The van der Waals surface area contributed by atoms with Gasteiger partial charge in [0, 0.05) is 5.69 Å². The fourth-order valence-corrected chi connectivity index (χ4v) is 3.73. The van der Waals surface area contributed by atoms with E-state index in [0.29, 0.717) is 28.3 Å². The van der Waals surface area contributed by atoms with Gasteiger partial charge in [0.1, 0.15) is 11.4 Å². The zero-order valence-electron chi connectivity index (χ0n) is 18.0. The Morgan fingerprint density at radius 1 is 0.774 bits per heavy atom. The molecule has 0 unspecified atom stereocenters. The number of carbonyl (C=O) groups excluding carboxylic acids is 2. The van der Waals surface area contributed by atoms with Gasteiger partial charge < -0.3 is 10.1 Å². The molecule has 2 amide bonds. The molecule has 0 radical (unpaired) electrons. The SMILES string of the molecule is COc1ccc(NC2=C(c3ccc(C)cc3)C(=O)N(c3ccc(C)cc3C)C2=O)cc1. The molecule has 0 spiro atoms. The van der Waals surface area contributed by atoms with E-state index in [0.717, 1.165) is 16.7 Å². The summed E-state index contributed by atoms with van der Waals surface area (Å²) in [6, 6.07) is 20.6. The van der Waals surface area contributed by atoms with Crippen molar-refractivity contribution in [3.8, 4) is 5.75 Å². The molecule has 0 saturated carbocycles.